The minimum absolute atomic E-state index is 0.152. The van der Waals surface area contributed by atoms with E-state index in [4.69, 9.17) is 9.84 Å². The molecule has 1 amide bonds. The van der Waals surface area contributed by atoms with Crippen molar-refractivity contribution in [2.24, 2.45) is 7.05 Å². The van der Waals surface area contributed by atoms with Crippen LogP contribution in [0, 0.1) is 0 Å². The van der Waals surface area contributed by atoms with Crippen molar-refractivity contribution < 1.29 is 19.4 Å². The number of carbonyl (C=O) groups excluding carboxylic acids is 1. The smallest absolute Gasteiger partial charge is 0.331 e. The van der Waals surface area contributed by atoms with Gasteiger partial charge in [0.05, 0.1) is 6.20 Å². The van der Waals surface area contributed by atoms with Crippen molar-refractivity contribution in [2.75, 3.05) is 13.2 Å². The predicted octanol–water partition coefficient (Wildman–Crippen LogP) is -0.301. The summed E-state index contributed by atoms with van der Waals surface area (Å²) in [7, 11) is 1.67. The van der Waals surface area contributed by atoms with Crippen LogP contribution in [0.25, 0.3) is 0 Å². The molecule has 0 spiro atoms. The summed E-state index contributed by atoms with van der Waals surface area (Å²) in [6, 6.07) is -1.10. The molecule has 0 radical (unpaired) electrons. The van der Waals surface area contributed by atoms with Crippen molar-refractivity contribution in [3.63, 3.8) is 0 Å². The summed E-state index contributed by atoms with van der Waals surface area (Å²) in [6.07, 6.45) is 2.94. The molecule has 0 saturated heterocycles. The molecule has 0 aromatic carbocycles. The number of carbonyl (C=O) groups is 2. The highest BCUT2D eigenvalue weighted by Crippen LogP contribution is 2.11. The van der Waals surface area contributed by atoms with Gasteiger partial charge in [0, 0.05) is 25.4 Å². The average Bonchev–Trinajstić information content (AvgIpc) is 2.69. The van der Waals surface area contributed by atoms with E-state index in [1.54, 1.807) is 20.2 Å². The van der Waals surface area contributed by atoms with Gasteiger partial charge in [-0.05, 0) is 6.92 Å². The molecule has 0 aliphatic carbocycles. The van der Waals surface area contributed by atoms with E-state index in [0.717, 1.165) is 0 Å². The first-order chi connectivity index (χ1) is 8.04. The van der Waals surface area contributed by atoms with Crippen LogP contribution >= 0.6 is 0 Å². The van der Waals surface area contributed by atoms with E-state index >= 15 is 0 Å². The van der Waals surface area contributed by atoms with Crippen LogP contribution in [0.4, 0.5) is 0 Å². The molecular formula is C10H15N3O4. The number of aryl methyl sites for hydroxylation is 1. The SMILES string of the molecule is CCOCC(=O)NC(C(=O)O)c1cnn(C)c1. The molecule has 1 aromatic heterocycles. The Kier molecular flexibility index (Phi) is 4.65. The summed E-state index contributed by atoms with van der Waals surface area (Å²) >= 11 is 0. The molecule has 1 rings (SSSR count). The van der Waals surface area contributed by atoms with Crippen LogP contribution in [0.3, 0.4) is 0 Å². The predicted molar refractivity (Wildman–Crippen MR) is 58.2 cm³/mol. The number of aliphatic carboxylic acids is 1. The maximum Gasteiger partial charge on any atom is 0.331 e. The average molecular weight is 241 g/mol. The Balaban J connectivity index is 2.67. The summed E-state index contributed by atoms with van der Waals surface area (Å²) in [5.41, 5.74) is 0.421. The van der Waals surface area contributed by atoms with E-state index in [-0.39, 0.29) is 6.61 Å². The summed E-state index contributed by atoms with van der Waals surface area (Å²) in [5, 5.41) is 15.2. The van der Waals surface area contributed by atoms with Gasteiger partial charge in [-0.2, -0.15) is 5.10 Å². The number of carboxylic acid groups (broad SMARTS) is 1. The first-order valence-electron chi connectivity index (χ1n) is 5.13. The van der Waals surface area contributed by atoms with Crippen LogP contribution in [0.1, 0.15) is 18.5 Å². The number of nitrogens with zero attached hydrogens (tertiary/aromatic N) is 2. The summed E-state index contributed by atoms with van der Waals surface area (Å²) in [5.74, 6) is -1.61. The highest BCUT2D eigenvalue weighted by Gasteiger charge is 2.23. The van der Waals surface area contributed by atoms with Crippen LogP contribution in [-0.2, 0) is 21.4 Å². The van der Waals surface area contributed by atoms with Gasteiger partial charge in [-0.3, -0.25) is 9.48 Å². The number of rotatable bonds is 6. The van der Waals surface area contributed by atoms with Crippen molar-refractivity contribution in [3.05, 3.63) is 18.0 Å². The Morgan fingerprint density at radius 1 is 1.65 bits per heavy atom. The monoisotopic (exact) mass is 241 g/mol. The number of hydrogen-bond acceptors (Lipinski definition) is 4. The van der Waals surface area contributed by atoms with Gasteiger partial charge in [0.25, 0.3) is 0 Å². The van der Waals surface area contributed by atoms with Crippen molar-refractivity contribution in [3.8, 4) is 0 Å². The lowest BCUT2D eigenvalue weighted by Gasteiger charge is -2.12. The Labute approximate surface area is 98.4 Å². The molecule has 1 atom stereocenters. The zero-order valence-corrected chi connectivity index (χ0v) is 9.71. The molecule has 1 aromatic rings. The van der Waals surface area contributed by atoms with Gasteiger partial charge < -0.3 is 15.2 Å². The van der Waals surface area contributed by atoms with Gasteiger partial charge in [-0.15, -0.1) is 0 Å². The summed E-state index contributed by atoms with van der Waals surface area (Å²) in [6.45, 7) is 2.00. The number of amides is 1. The van der Waals surface area contributed by atoms with E-state index in [9.17, 15) is 9.59 Å². The molecule has 1 unspecified atom stereocenters. The van der Waals surface area contributed by atoms with Crippen LogP contribution in [0.15, 0.2) is 12.4 Å². The molecule has 17 heavy (non-hydrogen) atoms. The van der Waals surface area contributed by atoms with Crippen LogP contribution < -0.4 is 5.32 Å². The van der Waals surface area contributed by atoms with Gasteiger partial charge in [0.2, 0.25) is 5.91 Å². The standard InChI is InChI=1S/C10H15N3O4/c1-3-17-6-8(14)12-9(10(15)16)7-4-11-13(2)5-7/h4-5,9H,3,6H2,1-2H3,(H,12,14)(H,15,16). The second-order valence-electron chi connectivity index (χ2n) is 3.42. The van der Waals surface area contributed by atoms with E-state index in [1.807, 2.05) is 0 Å². The van der Waals surface area contributed by atoms with E-state index < -0.39 is 17.9 Å². The van der Waals surface area contributed by atoms with Gasteiger partial charge in [-0.25, -0.2) is 4.79 Å². The highest BCUT2D eigenvalue weighted by atomic mass is 16.5. The fourth-order valence-electron chi connectivity index (χ4n) is 1.27. The number of carboxylic acids is 1. The fraction of sp³-hybridized carbons (Fsp3) is 0.500. The molecular weight excluding hydrogens is 226 g/mol. The Morgan fingerprint density at radius 2 is 2.35 bits per heavy atom. The minimum Gasteiger partial charge on any atom is -0.479 e. The van der Waals surface area contributed by atoms with Crippen molar-refractivity contribution in [1.29, 1.82) is 0 Å². The zero-order chi connectivity index (χ0) is 12.8. The second-order valence-corrected chi connectivity index (χ2v) is 3.42. The quantitative estimate of drug-likeness (QED) is 0.713. The number of hydrogen-bond donors (Lipinski definition) is 2. The van der Waals surface area contributed by atoms with Gasteiger partial charge in [-0.1, -0.05) is 0 Å². The second kappa shape index (κ2) is 6.00. The lowest BCUT2D eigenvalue weighted by molar-refractivity contribution is -0.142. The molecule has 1 heterocycles. The van der Waals surface area contributed by atoms with E-state index in [0.29, 0.717) is 12.2 Å². The zero-order valence-electron chi connectivity index (χ0n) is 9.71. The molecule has 2 N–H and O–H groups in total. The number of ether oxygens (including phenoxy) is 1. The van der Waals surface area contributed by atoms with Crippen LogP contribution in [0.2, 0.25) is 0 Å². The Bertz CT molecular complexity index is 402. The first-order valence-corrected chi connectivity index (χ1v) is 5.13. The number of nitrogens with one attached hydrogen (secondary N) is 1. The largest absolute Gasteiger partial charge is 0.479 e. The van der Waals surface area contributed by atoms with Crippen LogP contribution in [-0.4, -0.2) is 40.0 Å². The Hall–Kier alpha value is -1.89. The topological polar surface area (TPSA) is 93.4 Å². The summed E-state index contributed by atoms with van der Waals surface area (Å²) < 4.78 is 6.36. The molecule has 0 bridgehead atoms. The third kappa shape index (κ3) is 3.87. The summed E-state index contributed by atoms with van der Waals surface area (Å²) in [4.78, 5) is 22.4. The Morgan fingerprint density at radius 3 is 2.82 bits per heavy atom. The van der Waals surface area contributed by atoms with Crippen molar-refractivity contribution >= 4 is 11.9 Å². The lowest BCUT2D eigenvalue weighted by atomic mass is 10.1. The van der Waals surface area contributed by atoms with E-state index in [2.05, 4.69) is 10.4 Å². The molecule has 0 aliphatic rings. The third-order valence-electron chi connectivity index (χ3n) is 2.05. The van der Waals surface area contributed by atoms with Gasteiger partial charge in [0.1, 0.15) is 6.61 Å². The fourth-order valence-corrected chi connectivity index (χ4v) is 1.27. The van der Waals surface area contributed by atoms with Crippen LogP contribution in [0.5, 0.6) is 0 Å². The molecule has 0 fully saturated rings. The third-order valence-corrected chi connectivity index (χ3v) is 2.05. The normalized spacial score (nSPS) is 12.1. The highest BCUT2D eigenvalue weighted by molar-refractivity contribution is 5.85. The maximum atomic E-state index is 11.4. The van der Waals surface area contributed by atoms with Crippen molar-refractivity contribution in [1.82, 2.24) is 15.1 Å². The molecule has 7 nitrogen and oxygen atoms in total. The van der Waals surface area contributed by atoms with Gasteiger partial charge >= 0.3 is 5.97 Å². The number of aromatic nitrogens is 2. The maximum absolute atomic E-state index is 11.4. The lowest BCUT2D eigenvalue weighted by Crippen LogP contribution is -2.35. The van der Waals surface area contributed by atoms with E-state index in [1.165, 1.54) is 10.9 Å². The van der Waals surface area contributed by atoms with Crippen molar-refractivity contribution in [2.45, 2.75) is 13.0 Å². The minimum atomic E-state index is -1.14. The first kappa shape index (κ1) is 13.2. The molecule has 7 heteroatoms. The molecule has 94 valence electrons. The van der Waals surface area contributed by atoms with Gasteiger partial charge in [0.15, 0.2) is 6.04 Å². The molecule has 0 aliphatic heterocycles. The molecule has 0 saturated carbocycles.